The molecule has 21 heteroatoms. The van der Waals surface area contributed by atoms with E-state index in [1.165, 1.54) is 13.8 Å². The summed E-state index contributed by atoms with van der Waals surface area (Å²) in [6.07, 6.45) is 9.31. The van der Waals surface area contributed by atoms with Crippen molar-refractivity contribution in [2.24, 2.45) is 21.7 Å². The lowest BCUT2D eigenvalue weighted by molar-refractivity contribution is -0.139. The van der Waals surface area contributed by atoms with Crippen LogP contribution in [0.3, 0.4) is 0 Å². The van der Waals surface area contributed by atoms with E-state index in [1.807, 2.05) is 151 Å². The second-order valence-corrected chi connectivity index (χ2v) is 30.8. The first-order valence-electron chi connectivity index (χ1n) is 34.8. The number of rotatable bonds is 8. The van der Waals surface area contributed by atoms with Crippen LogP contribution in [-0.4, -0.2) is 144 Å². The molecule has 4 fully saturated rings. The van der Waals surface area contributed by atoms with Gasteiger partial charge in [-0.15, -0.1) is 0 Å². The van der Waals surface area contributed by atoms with Gasteiger partial charge in [0.15, 0.2) is 23.1 Å². The molecule has 1 N–H and O–H groups in total. The van der Waals surface area contributed by atoms with Crippen LogP contribution in [0.5, 0.6) is 0 Å². The smallest absolute Gasteiger partial charge is 0.245 e. The normalized spacial score (nSPS) is 23.2. The van der Waals surface area contributed by atoms with Gasteiger partial charge in [-0.1, -0.05) is 114 Å². The number of benzene rings is 5. The van der Waals surface area contributed by atoms with E-state index in [1.54, 1.807) is 62.3 Å². The number of likely N-dealkylation sites (tertiary alicyclic amines) is 2. The average Bonchev–Trinajstić information content (AvgIpc) is 1.54. The Morgan fingerprint density at radius 1 is 0.598 bits per heavy atom. The molecule has 102 heavy (non-hydrogen) atoms. The molecule has 8 aromatic rings. The second-order valence-electron chi connectivity index (χ2n) is 30.0. The topological polar surface area (TPSA) is 225 Å². The highest BCUT2D eigenvalue weighted by molar-refractivity contribution is 9.10. The summed E-state index contributed by atoms with van der Waals surface area (Å²) < 4.78 is 31.1. The number of nitrogens with one attached hydrogen (secondary N) is 1. The molecule has 4 amide bonds. The van der Waals surface area contributed by atoms with Crippen LogP contribution in [0.1, 0.15) is 127 Å². The Morgan fingerprint density at radius 2 is 1.08 bits per heavy atom. The molecule has 5 aromatic carbocycles. The predicted octanol–water partition coefficient (Wildman–Crippen LogP) is 12.2. The van der Waals surface area contributed by atoms with Crippen LogP contribution in [0.4, 0.5) is 4.39 Å². The molecule has 19 nitrogen and oxygen atoms in total. The molecule has 0 radical (unpaired) electrons. The number of amides is 4. The van der Waals surface area contributed by atoms with E-state index in [-0.39, 0.29) is 116 Å². The number of ketones is 4. The van der Waals surface area contributed by atoms with Crippen LogP contribution in [0.2, 0.25) is 0 Å². The molecule has 14 rings (SSSR count). The lowest BCUT2D eigenvalue weighted by Crippen LogP contribution is -2.45. The Labute approximate surface area is 601 Å². The minimum absolute atomic E-state index is 0.0357. The molecule has 2 saturated carbocycles. The number of carbonyl (C=O) groups excluding carboxylic acids is 8. The number of carbonyl (C=O) groups is 8. The first-order chi connectivity index (χ1) is 48.5. The van der Waals surface area contributed by atoms with Gasteiger partial charge in [0, 0.05) is 79.7 Å². The van der Waals surface area contributed by atoms with Gasteiger partial charge in [-0.05, 0) is 159 Å². The first kappa shape index (κ1) is 71.0. The number of pyridine rings is 1. The van der Waals surface area contributed by atoms with Gasteiger partial charge in [-0.3, -0.25) is 47.7 Å². The Hall–Kier alpha value is -9.44. The monoisotopic (exact) mass is 1440 g/mol. The number of hydrogen-bond acceptors (Lipinski definition) is 13. The Kier molecular flexibility index (Phi) is 19.3. The van der Waals surface area contributed by atoms with Gasteiger partial charge in [-0.2, -0.15) is 10.2 Å². The molecule has 6 atom stereocenters. The van der Waals surface area contributed by atoms with Crippen molar-refractivity contribution in [3.63, 3.8) is 0 Å². The fourth-order valence-electron chi connectivity index (χ4n) is 15.7. The van der Waals surface area contributed by atoms with Crippen molar-refractivity contribution >= 4 is 84.5 Å². The average molecular weight is 1440 g/mol. The number of aryl methyl sites for hydroxylation is 3. The highest BCUT2D eigenvalue weighted by atomic mass is 79.9. The number of fused-ring (bicyclic) bond motifs is 6. The van der Waals surface area contributed by atoms with Crippen molar-refractivity contribution in [3.8, 4) is 22.3 Å². The fourth-order valence-corrected chi connectivity index (χ4v) is 16.0. The summed E-state index contributed by atoms with van der Waals surface area (Å²) in [5, 5.41) is 13.7. The third-order valence-electron chi connectivity index (χ3n) is 21.6. The maximum absolute atomic E-state index is 15.6. The molecular formula is C81H85BrFN9O10. The quantitative estimate of drug-likeness (QED) is 0.0850. The number of ether oxygens (including phenoxy) is 2. The van der Waals surface area contributed by atoms with Gasteiger partial charge in [0.05, 0.1) is 72.5 Å². The number of piperidine rings is 2. The summed E-state index contributed by atoms with van der Waals surface area (Å²) in [6.45, 7) is 17.3. The third kappa shape index (κ3) is 14.0. The number of Topliss-reactive ketones (excluding diaryl/α,β-unsaturated/α-hetero) is 4. The van der Waals surface area contributed by atoms with Crippen LogP contribution < -0.4 is 5.32 Å². The summed E-state index contributed by atoms with van der Waals surface area (Å²) in [6, 6.07) is 33.0. The molecule has 2 aliphatic carbocycles. The number of halogens is 2. The fraction of sp³-hybridized carbons (Fsp3) is 0.395. The van der Waals surface area contributed by atoms with Gasteiger partial charge in [0.1, 0.15) is 34.9 Å². The number of hydrogen-bond donors (Lipinski definition) is 1. The summed E-state index contributed by atoms with van der Waals surface area (Å²) in [4.78, 5) is 120. The van der Waals surface area contributed by atoms with E-state index >= 15 is 4.39 Å². The maximum Gasteiger partial charge on any atom is 0.245 e. The van der Waals surface area contributed by atoms with E-state index < -0.39 is 39.6 Å². The Bertz CT molecular complexity index is 4820. The molecular weight excluding hydrogens is 1360 g/mol. The van der Waals surface area contributed by atoms with Crippen molar-refractivity contribution in [2.45, 2.75) is 151 Å². The molecule has 4 aliphatic heterocycles. The number of aromatic nitrogens is 5. The second kappa shape index (κ2) is 27.7. The van der Waals surface area contributed by atoms with Crippen molar-refractivity contribution < 1.29 is 52.2 Å². The van der Waals surface area contributed by atoms with Crippen LogP contribution in [0.25, 0.3) is 44.1 Å². The van der Waals surface area contributed by atoms with Crippen LogP contribution in [0, 0.1) is 48.2 Å². The molecule has 6 aliphatic rings. The zero-order valence-electron chi connectivity index (χ0n) is 59.3. The van der Waals surface area contributed by atoms with Crippen molar-refractivity contribution in [1.82, 2.24) is 44.6 Å². The summed E-state index contributed by atoms with van der Waals surface area (Å²) in [7, 11) is 1.80. The largest absolute Gasteiger partial charge is 0.373 e. The highest BCUT2D eigenvalue weighted by Gasteiger charge is 2.68. The van der Waals surface area contributed by atoms with E-state index in [4.69, 9.17) is 9.47 Å². The number of nitrogens with zero attached hydrogens (tertiary/aromatic N) is 8. The zero-order chi connectivity index (χ0) is 72.5. The van der Waals surface area contributed by atoms with Crippen molar-refractivity contribution in [2.75, 3.05) is 33.4 Å². The van der Waals surface area contributed by atoms with Gasteiger partial charge < -0.3 is 29.5 Å². The maximum atomic E-state index is 15.6. The standard InChI is InChI=1S/C41H43FN4O5.C40H42BrN5O5/c1-24-7-10-27(11-8-24)28-13-14-32-31(17-28)38(26(3)47)44-45(32)21-36(49)46-33-19-41(20-35(41)46)23-43-39(50)40(4,5)15-6-16-51-22-29-12-9-25(2)37(42)30(29)18-34(33)48;1-24-7-9-26(10-8-24)27-11-13-31-29(17-27)37(25(2)47)43-45(31)21-36(49)46-32-19-40(20-34(40)46)23-44(5)38(50)39(3,4)15-6-16-51-22-28-12-14-35(41)42-30(28)18-33(32)48/h6-15,17,33,35H,16,18-23H2,1-5H3,(H,43,50);6-15,17,32,34H,16,18-23H2,1-5H3/t33-,35+,41-;32-,34+,40-/m00/s1. The van der Waals surface area contributed by atoms with Gasteiger partial charge >= 0.3 is 0 Å². The van der Waals surface area contributed by atoms with E-state index in [0.717, 1.165) is 38.9 Å². The molecule has 7 heterocycles. The Morgan fingerprint density at radius 3 is 1.63 bits per heavy atom. The molecule has 4 bridgehead atoms. The van der Waals surface area contributed by atoms with Crippen molar-refractivity contribution in [1.29, 1.82) is 0 Å². The Balaban J connectivity index is 0.000000182. The highest BCUT2D eigenvalue weighted by Crippen LogP contribution is 2.61. The van der Waals surface area contributed by atoms with Crippen LogP contribution >= 0.6 is 15.9 Å². The zero-order valence-corrected chi connectivity index (χ0v) is 60.9. The van der Waals surface area contributed by atoms with Crippen LogP contribution in [0.15, 0.2) is 138 Å². The molecule has 2 saturated heterocycles. The van der Waals surface area contributed by atoms with Crippen LogP contribution in [-0.2, 0) is 77.4 Å². The molecule has 3 aromatic heterocycles. The lowest BCUT2D eigenvalue weighted by Gasteiger charge is -2.30. The summed E-state index contributed by atoms with van der Waals surface area (Å²) in [5.41, 5.74) is 8.27. The minimum Gasteiger partial charge on any atom is -0.373 e. The van der Waals surface area contributed by atoms with Gasteiger partial charge in [0.25, 0.3) is 0 Å². The predicted molar refractivity (Wildman–Crippen MR) is 388 cm³/mol. The molecule has 2 spiro atoms. The van der Waals surface area contributed by atoms with Gasteiger partial charge in [0.2, 0.25) is 23.6 Å². The molecule has 0 unspecified atom stereocenters. The first-order valence-corrected chi connectivity index (χ1v) is 35.6. The third-order valence-corrected chi connectivity index (χ3v) is 22.0. The van der Waals surface area contributed by atoms with Gasteiger partial charge in [-0.25, -0.2) is 9.37 Å². The van der Waals surface area contributed by atoms with E-state index in [2.05, 4.69) is 36.4 Å². The van der Waals surface area contributed by atoms with E-state index in [0.29, 0.717) is 94.3 Å². The SMILES string of the molecule is CC(=O)c1nn(CC(=O)N2[C@H]3C[C@@]4(CNC(=O)C(C)(C)C=CCOCc5ccc(C)c(F)c5CC3=O)C[C@@H]24)c2ccc(-c3ccc(C)cc3)cc12.CC(=O)c1nn(CC(=O)N2[C@H]3C[C@]4(C[C@@H]24)CN(C)C(=O)C(C)(C)C=CCOCc2ccc(Br)nc2CC3=O)c2ccc(-c3ccc(C)cc3)cc12. The molecule has 528 valence electrons. The minimum atomic E-state index is -0.819. The van der Waals surface area contributed by atoms with Crippen molar-refractivity contribution in [3.05, 3.63) is 194 Å². The summed E-state index contributed by atoms with van der Waals surface area (Å²) >= 11 is 3.46. The lowest BCUT2D eigenvalue weighted by atomic mass is 9.89. The summed E-state index contributed by atoms with van der Waals surface area (Å²) in [5.74, 6) is -2.01. The van der Waals surface area contributed by atoms with E-state index in [9.17, 15) is 38.4 Å².